The molecule has 0 aromatic carbocycles. The first-order chi connectivity index (χ1) is 6.77. The minimum absolute atomic E-state index is 0.265. The average molecular weight is 194 g/mol. The number of pyridine rings is 1. The lowest BCUT2D eigenvalue weighted by atomic mass is 10.1. The van der Waals surface area contributed by atoms with E-state index < -0.39 is 0 Å². The molecular formula is C11H18N2O. The second-order valence-electron chi connectivity index (χ2n) is 3.36. The molecule has 0 saturated heterocycles. The highest BCUT2D eigenvalue weighted by Crippen LogP contribution is 2.16. The number of methoxy groups -OCH3 is 1. The fourth-order valence-electron chi connectivity index (χ4n) is 1.32. The molecule has 1 atom stereocenters. The number of ether oxygens (including phenoxy) is 1. The van der Waals surface area contributed by atoms with Gasteiger partial charge in [0.05, 0.1) is 12.8 Å². The molecule has 1 aromatic rings. The molecule has 0 aliphatic heterocycles. The average Bonchev–Trinajstić information content (AvgIpc) is 2.26. The number of hydrogen-bond donors (Lipinski definition) is 1. The van der Waals surface area contributed by atoms with Crippen LogP contribution in [-0.4, -0.2) is 18.1 Å². The first-order valence-corrected chi connectivity index (χ1v) is 5.01. The molecule has 3 heteroatoms. The highest BCUT2D eigenvalue weighted by Gasteiger charge is 2.05. The van der Waals surface area contributed by atoms with Gasteiger partial charge >= 0.3 is 0 Å². The summed E-state index contributed by atoms with van der Waals surface area (Å²) >= 11 is 0. The third kappa shape index (κ3) is 3.00. The Morgan fingerprint density at radius 3 is 3.00 bits per heavy atom. The molecule has 1 heterocycles. The van der Waals surface area contributed by atoms with Crippen LogP contribution in [0.1, 0.15) is 25.5 Å². The van der Waals surface area contributed by atoms with Gasteiger partial charge in [-0.25, -0.2) is 0 Å². The molecule has 1 unspecified atom stereocenters. The minimum atomic E-state index is 0.265. The van der Waals surface area contributed by atoms with Crippen molar-refractivity contribution in [3.63, 3.8) is 0 Å². The van der Waals surface area contributed by atoms with Crippen molar-refractivity contribution in [3.8, 4) is 5.75 Å². The molecule has 3 nitrogen and oxygen atoms in total. The van der Waals surface area contributed by atoms with Gasteiger partial charge < -0.3 is 10.5 Å². The maximum absolute atomic E-state index is 5.84. The number of aryl methyl sites for hydroxylation is 1. The molecule has 0 bridgehead atoms. The first-order valence-electron chi connectivity index (χ1n) is 5.01. The van der Waals surface area contributed by atoms with Gasteiger partial charge in [0.25, 0.3) is 0 Å². The summed E-state index contributed by atoms with van der Waals surface area (Å²) in [5.74, 6) is 0.857. The van der Waals surface area contributed by atoms with Crippen LogP contribution < -0.4 is 10.5 Å². The van der Waals surface area contributed by atoms with Crippen molar-refractivity contribution in [2.24, 2.45) is 5.73 Å². The Bertz CT molecular complexity index is 276. The van der Waals surface area contributed by atoms with Crippen LogP contribution in [0.2, 0.25) is 0 Å². The van der Waals surface area contributed by atoms with Crippen LogP contribution in [-0.2, 0) is 6.42 Å². The standard InChI is InChI=1S/C11H18N2O/c1-3-9(12)6-7-10-11(14-2)5-4-8-13-10/h4-5,8-9H,3,6-7,12H2,1-2H3. The van der Waals surface area contributed by atoms with Crippen LogP contribution in [0.4, 0.5) is 0 Å². The van der Waals surface area contributed by atoms with Gasteiger partial charge in [-0.15, -0.1) is 0 Å². The lowest BCUT2D eigenvalue weighted by molar-refractivity contribution is 0.405. The Balaban J connectivity index is 2.57. The lowest BCUT2D eigenvalue weighted by Crippen LogP contribution is -2.19. The van der Waals surface area contributed by atoms with Crippen LogP contribution >= 0.6 is 0 Å². The number of aromatic nitrogens is 1. The molecule has 0 radical (unpaired) electrons. The van der Waals surface area contributed by atoms with E-state index in [4.69, 9.17) is 10.5 Å². The maximum atomic E-state index is 5.84. The number of nitrogens with two attached hydrogens (primary N) is 1. The molecule has 0 spiro atoms. The van der Waals surface area contributed by atoms with Crippen LogP contribution in [0.3, 0.4) is 0 Å². The smallest absolute Gasteiger partial charge is 0.140 e. The van der Waals surface area contributed by atoms with Crippen LogP contribution in [0.25, 0.3) is 0 Å². The molecular weight excluding hydrogens is 176 g/mol. The Morgan fingerprint density at radius 1 is 1.57 bits per heavy atom. The summed E-state index contributed by atoms with van der Waals surface area (Å²) in [6.07, 6.45) is 4.65. The molecule has 0 aliphatic carbocycles. The second-order valence-corrected chi connectivity index (χ2v) is 3.36. The molecule has 1 aromatic heterocycles. The predicted octanol–water partition coefficient (Wildman–Crippen LogP) is 1.76. The van der Waals surface area contributed by atoms with E-state index in [1.54, 1.807) is 13.3 Å². The van der Waals surface area contributed by atoms with E-state index in [1.807, 2.05) is 12.1 Å². The third-order valence-corrected chi connectivity index (χ3v) is 2.34. The van der Waals surface area contributed by atoms with Crippen molar-refractivity contribution >= 4 is 0 Å². The fourth-order valence-corrected chi connectivity index (χ4v) is 1.32. The zero-order valence-corrected chi connectivity index (χ0v) is 8.86. The van der Waals surface area contributed by atoms with Gasteiger partial charge in [0.15, 0.2) is 0 Å². The molecule has 0 saturated carbocycles. The summed E-state index contributed by atoms with van der Waals surface area (Å²) < 4.78 is 5.21. The van der Waals surface area contributed by atoms with Gasteiger partial charge in [-0.2, -0.15) is 0 Å². The Labute approximate surface area is 85.3 Å². The van der Waals surface area contributed by atoms with E-state index in [9.17, 15) is 0 Å². The monoisotopic (exact) mass is 194 g/mol. The molecule has 1 rings (SSSR count). The molecule has 0 aliphatic rings. The topological polar surface area (TPSA) is 48.1 Å². The zero-order chi connectivity index (χ0) is 10.4. The van der Waals surface area contributed by atoms with Crippen molar-refractivity contribution in [1.29, 1.82) is 0 Å². The highest BCUT2D eigenvalue weighted by molar-refractivity contribution is 5.26. The van der Waals surface area contributed by atoms with E-state index in [0.29, 0.717) is 0 Å². The molecule has 78 valence electrons. The quantitative estimate of drug-likeness (QED) is 0.777. The fraction of sp³-hybridized carbons (Fsp3) is 0.545. The van der Waals surface area contributed by atoms with Gasteiger partial charge in [0.2, 0.25) is 0 Å². The van der Waals surface area contributed by atoms with Crippen molar-refractivity contribution in [3.05, 3.63) is 24.0 Å². The Kier molecular flexibility index (Phi) is 4.40. The van der Waals surface area contributed by atoms with Crippen molar-refractivity contribution in [2.45, 2.75) is 32.2 Å². The highest BCUT2D eigenvalue weighted by atomic mass is 16.5. The zero-order valence-electron chi connectivity index (χ0n) is 8.86. The summed E-state index contributed by atoms with van der Waals surface area (Å²) in [5, 5.41) is 0. The Hall–Kier alpha value is -1.09. The Morgan fingerprint density at radius 2 is 2.36 bits per heavy atom. The van der Waals surface area contributed by atoms with Gasteiger partial charge in [0.1, 0.15) is 5.75 Å². The number of rotatable bonds is 5. The normalized spacial score (nSPS) is 12.5. The maximum Gasteiger partial charge on any atom is 0.140 e. The summed E-state index contributed by atoms with van der Waals surface area (Å²) in [5.41, 5.74) is 6.84. The number of hydrogen-bond acceptors (Lipinski definition) is 3. The van der Waals surface area contributed by atoms with Crippen molar-refractivity contribution in [2.75, 3.05) is 7.11 Å². The van der Waals surface area contributed by atoms with Gasteiger partial charge in [-0.3, -0.25) is 4.98 Å². The van der Waals surface area contributed by atoms with E-state index in [1.165, 1.54) is 0 Å². The molecule has 0 fully saturated rings. The number of nitrogens with zero attached hydrogens (tertiary/aromatic N) is 1. The van der Waals surface area contributed by atoms with Crippen molar-refractivity contribution in [1.82, 2.24) is 4.98 Å². The van der Waals surface area contributed by atoms with Gasteiger partial charge in [0, 0.05) is 12.2 Å². The summed E-state index contributed by atoms with van der Waals surface area (Å²) in [4.78, 5) is 4.28. The van der Waals surface area contributed by atoms with Crippen LogP contribution in [0.5, 0.6) is 5.75 Å². The summed E-state index contributed by atoms with van der Waals surface area (Å²) in [6, 6.07) is 4.07. The van der Waals surface area contributed by atoms with Gasteiger partial charge in [-0.05, 0) is 31.4 Å². The van der Waals surface area contributed by atoms with Gasteiger partial charge in [-0.1, -0.05) is 6.92 Å². The van der Waals surface area contributed by atoms with E-state index in [-0.39, 0.29) is 6.04 Å². The van der Waals surface area contributed by atoms with E-state index >= 15 is 0 Å². The molecule has 2 N–H and O–H groups in total. The minimum Gasteiger partial charge on any atom is -0.495 e. The van der Waals surface area contributed by atoms with Crippen LogP contribution in [0.15, 0.2) is 18.3 Å². The van der Waals surface area contributed by atoms with Crippen LogP contribution in [0, 0.1) is 0 Å². The molecule has 0 amide bonds. The van der Waals surface area contributed by atoms with Crippen molar-refractivity contribution < 1.29 is 4.74 Å². The predicted molar refractivity (Wildman–Crippen MR) is 57.4 cm³/mol. The second kappa shape index (κ2) is 5.60. The lowest BCUT2D eigenvalue weighted by Gasteiger charge is -2.10. The molecule has 14 heavy (non-hydrogen) atoms. The summed E-state index contributed by atoms with van der Waals surface area (Å²) in [6.45, 7) is 2.10. The first kappa shape index (κ1) is 11.0. The SMILES string of the molecule is CCC(N)CCc1ncccc1OC. The van der Waals surface area contributed by atoms with E-state index in [0.717, 1.165) is 30.7 Å². The largest absolute Gasteiger partial charge is 0.495 e. The van der Waals surface area contributed by atoms with E-state index in [2.05, 4.69) is 11.9 Å². The third-order valence-electron chi connectivity index (χ3n) is 2.34. The summed E-state index contributed by atoms with van der Waals surface area (Å²) in [7, 11) is 1.67.